The quantitative estimate of drug-likeness (QED) is 0.801. The minimum absolute atomic E-state index is 0.0597. The molecular formula is C13H10ClN3O. The molecule has 18 heavy (non-hydrogen) atoms. The number of rotatable bonds is 1. The fraction of sp³-hybridized carbons (Fsp3) is 0.0769. The predicted octanol–water partition coefficient (Wildman–Crippen LogP) is 2.83. The van der Waals surface area contributed by atoms with Gasteiger partial charge in [-0.25, -0.2) is 4.98 Å². The SMILES string of the molecule is O=C1CN(c2ccccc2)c2nc(Cl)ccc2N1. The highest BCUT2D eigenvalue weighted by atomic mass is 35.5. The monoisotopic (exact) mass is 259 g/mol. The number of anilines is 3. The number of nitrogens with one attached hydrogen (secondary N) is 1. The molecule has 0 spiro atoms. The van der Waals surface area contributed by atoms with Crippen LogP contribution in [0.5, 0.6) is 0 Å². The Labute approximate surface area is 109 Å². The van der Waals surface area contributed by atoms with Crippen LogP contribution in [-0.2, 0) is 4.79 Å². The third-order valence-corrected chi connectivity index (χ3v) is 2.95. The van der Waals surface area contributed by atoms with Crippen molar-refractivity contribution in [3.05, 3.63) is 47.6 Å². The van der Waals surface area contributed by atoms with Crippen LogP contribution >= 0.6 is 11.6 Å². The van der Waals surface area contributed by atoms with E-state index in [1.165, 1.54) is 0 Å². The molecule has 2 aromatic rings. The lowest BCUT2D eigenvalue weighted by atomic mass is 10.2. The number of nitrogens with zero attached hydrogens (tertiary/aromatic N) is 2. The summed E-state index contributed by atoms with van der Waals surface area (Å²) in [7, 11) is 0. The van der Waals surface area contributed by atoms with E-state index in [1.54, 1.807) is 12.1 Å². The molecule has 2 heterocycles. The summed E-state index contributed by atoms with van der Waals surface area (Å²) in [6, 6.07) is 13.1. The summed E-state index contributed by atoms with van der Waals surface area (Å²) < 4.78 is 0. The van der Waals surface area contributed by atoms with E-state index in [0.717, 1.165) is 5.69 Å². The molecule has 0 atom stereocenters. The molecule has 1 amide bonds. The molecule has 5 heteroatoms. The Bertz CT molecular complexity index is 600. The molecule has 1 N–H and O–H groups in total. The number of carbonyl (C=O) groups is 1. The Balaban J connectivity index is 2.12. The number of para-hydroxylation sites is 1. The van der Waals surface area contributed by atoms with E-state index < -0.39 is 0 Å². The Kier molecular flexibility index (Phi) is 2.64. The number of amides is 1. The zero-order chi connectivity index (χ0) is 12.5. The predicted molar refractivity (Wildman–Crippen MR) is 71.3 cm³/mol. The van der Waals surface area contributed by atoms with Gasteiger partial charge in [-0.3, -0.25) is 4.79 Å². The topological polar surface area (TPSA) is 45.2 Å². The van der Waals surface area contributed by atoms with Gasteiger partial charge in [-0.05, 0) is 24.3 Å². The van der Waals surface area contributed by atoms with Crippen LogP contribution in [0.15, 0.2) is 42.5 Å². The zero-order valence-electron chi connectivity index (χ0n) is 9.43. The number of fused-ring (bicyclic) bond motifs is 1. The van der Waals surface area contributed by atoms with Crippen molar-refractivity contribution in [2.24, 2.45) is 0 Å². The molecule has 1 aromatic heterocycles. The van der Waals surface area contributed by atoms with Crippen LogP contribution in [0.2, 0.25) is 5.15 Å². The van der Waals surface area contributed by atoms with E-state index in [1.807, 2.05) is 35.2 Å². The van der Waals surface area contributed by atoms with Crippen LogP contribution in [-0.4, -0.2) is 17.4 Å². The normalized spacial score (nSPS) is 14.1. The van der Waals surface area contributed by atoms with E-state index in [9.17, 15) is 4.79 Å². The molecule has 0 saturated heterocycles. The minimum Gasteiger partial charge on any atom is -0.321 e. The smallest absolute Gasteiger partial charge is 0.244 e. The van der Waals surface area contributed by atoms with Gasteiger partial charge < -0.3 is 10.2 Å². The largest absolute Gasteiger partial charge is 0.321 e. The van der Waals surface area contributed by atoms with E-state index in [4.69, 9.17) is 11.6 Å². The molecule has 1 aliphatic heterocycles. The number of aromatic nitrogens is 1. The fourth-order valence-corrected chi connectivity index (χ4v) is 2.10. The first-order valence-corrected chi connectivity index (χ1v) is 5.91. The third-order valence-electron chi connectivity index (χ3n) is 2.74. The van der Waals surface area contributed by atoms with Crippen molar-refractivity contribution in [3.8, 4) is 0 Å². The van der Waals surface area contributed by atoms with Crippen LogP contribution in [0.25, 0.3) is 0 Å². The number of carbonyl (C=O) groups excluding carboxylic acids is 1. The molecule has 1 aromatic carbocycles. The highest BCUT2D eigenvalue weighted by molar-refractivity contribution is 6.29. The van der Waals surface area contributed by atoms with Gasteiger partial charge in [0.25, 0.3) is 0 Å². The first kappa shape index (κ1) is 11.0. The van der Waals surface area contributed by atoms with Crippen molar-refractivity contribution in [2.45, 2.75) is 0 Å². The molecule has 0 unspecified atom stereocenters. The number of halogens is 1. The molecule has 90 valence electrons. The molecule has 0 bridgehead atoms. The summed E-state index contributed by atoms with van der Waals surface area (Å²) in [6.07, 6.45) is 0. The lowest BCUT2D eigenvalue weighted by Crippen LogP contribution is -2.35. The fourth-order valence-electron chi connectivity index (χ4n) is 1.96. The van der Waals surface area contributed by atoms with E-state index >= 15 is 0 Å². The molecule has 3 rings (SSSR count). The first-order chi connectivity index (χ1) is 8.74. The maximum atomic E-state index is 11.7. The van der Waals surface area contributed by atoms with Crippen molar-refractivity contribution < 1.29 is 4.79 Å². The Morgan fingerprint density at radius 2 is 1.94 bits per heavy atom. The molecule has 0 saturated carbocycles. The van der Waals surface area contributed by atoms with Crippen LogP contribution in [0, 0.1) is 0 Å². The highest BCUT2D eigenvalue weighted by Crippen LogP contribution is 2.33. The van der Waals surface area contributed by atoms with Crippen molar-refractivity contribution in [1.29, 1.82) is 0 Å². The standard InChI is InChI=1S/C13H10ClN3O/c14-11-7-6-10-13(16-11)17(8-12(18)15-10)9-4-2-1-3-5-9/h1-7H,8H2,(H,15,18). The molecule has 1 aliphatic rings. The van der Waals surface area contributed by atoms with Gasteiger partial charge in [0, 0.05) is 5.69 Å². The van der Waals surface area contributed by atoms with E-state index in [2.05, 4.69) is 10.3 Å². The van der Waals surface area contributed by atoms with Crippen molar-refractivity contribution in [1.82, 2.24) is 4.98 Å². The second-order valence-electron chi connectivity index (χ2n) is 3.98. The van der Waals surface area contributed by atoms with Gasteiger partial charge in [0.2, 0.25) is 5.91 Å². The number of hydrogen-bond acceptors (Lipinski definition) is 3. The van der Waals surface area contributed by atoms with Gasteiger partial charge in [0.15, 0.2) is 5.82 Å². The average Bonchev–Trinajstić information content (AvgIpc) is 2.39. The van der Waals surface area contributed by atoms with Crippen LogP contribution < -0.4 is 10.2 Å². The summed E-state index contributed by atoms with van der Waals surface area (Å²) in [4.78, 5) is 17.8. The van der Waals surface area contributed by atoms with Gasteiger partial charge in [0.1, 0.15) is 11.7 Å². The van der Waals surface area contributed by atoms with Gasteiger partial charge in [-0.1, -0.05) is 29.8 Å². The molecule has 4 nitrogen and oxygen atoms in total. The van der Waals surface area contributed by atoms with Gasteiger partial charge in [-0.2, -0.15) is 0 Å². The maximum absolute atomic E-state index is 11.7. The number of pyridine rings is 1. The third kappa shape index (κ3) is 1.91. The Morgan fingerprint density at radius 1 is 1.17 bits per heavy atom. The maximum Gasteiger partial charge on any atom is 0.244 e. The molecule has 0 fully saturated rings. The van der Waals surface area contributed by atoms with Crippen LogP contribution in [0.3, 0.4) is 0 Å². The summed E-state index contributed by atoms with van der Waals surface area (Å²) in [5.74, 6) is 0.615. The molecule has 0 aliphatic carbocycles. The average molecular weight is 260 g/mol. The van der Waals surface area contributed by atoms with E-state index in [-0.39, 0.29) is 12.5 Å². The van der Waals surface area contributed by atoms with Gasteiger partial charge >= 0.3 is 0 Å². The van der Waals surface area contributed by atoms with Gasteiger partial charge in [0.05, 0.1) is 5.69 Å². The summed E-state index contributed by atoms with van der Waals surface area (Å²) >= 11 is 5.92. The summed E-state index contributed by atoms with van der Waals surface area (Å²) in [6.45, 7) is 0.240. The summed E-state index contributed by atoms with van der Waals surface area (Å²) in [5.41, 5.74) is 1.60. The second-order valence-corrected chi connectivity index (χ2v) is 4.36. The lowest BCUT2D eigenvalue weighted by molar-refractivity contribution is -0.115. The number of hydrogen-bond donors (Lipinski definition) is 1. The Hall–Kier alpha value is -2.07. The number of benzene rings is 1. The van der Waals surface area contributed by atoms with Crippen LogP contribution in [0.1, 0.15) is 0 Å². The Morgan fingerprint density at radius 3 is 2.72 bits per heavy atom. The first-order valence-electron chi connectivity index (χ1n) is 5.53. The summed E-state index contributed by atoms with van der Waals surface area (Å²) in [5, 5.41) is 3.19. The highest BCUT2D eigenvalue weighted by Gasteiger charge is 2.24. The molecule has 0 radical (unpaired) electrons. The van der Waals surface area contributed by atoms with E-state index in [0.29, 0.717) is 16.7 Å². The van der Waals surface area contributed by atoms with Crippen molar-refractivity contribution in [2.75, 3.05) is 16.8 Å². The zero-order valence-corrected chi connectivity index (χ0v) is 10.2. The van der Waals surface area contributed by atoms with Crippen molar-refractivity contribution in [3.63, 3.8) is 0 Å². The van der Waals surface area contributed by atoms with Gasteiger partial charge in [-0.15, -0.1) is 0 Å². The lowest BCUT2D eigenvalue weighted by Gasteiger charge is -2.29. The molecular weight excluding hydrogens is 250 g/mol. The second kappa shape index (κ2) is 4.31. The minimum atomic E-state index is -0.0597. The van der Waals surface area contributed by atoms with Crippen molar-refractivity contribution >= 4 is 34.7 Å². The van der Waals surface area contributed by atoms with Crippen LogP contribution in [0.4, 0.5) is 17.2 Å².